The summed E-state index contributed by atoms with van der Waals surface area (Å²) < 4.78 is 11.9. The summed E-state index contributed by atoms with van der Waals surface area (Å²) in [5, 5.41) is 10.6. The summed E-state index contributed by atoms with van der Waals surface area (Å²) in [5.41, 5.74) is 1.42. The van der Waals surface area contributed by atoms with Crippen LogP contribution in [0.1, 0.15) is 5.56 Å². The Balaban J connectivity index is 1.50. The molecule has 7 heteroatoms. The summed E-state index contributed by atoms with van der Waals surface area (Å²) in [6.07, 6.45) is 1.48. The third-order valence-corrected chi connectivity index (χ3v) is 5.17. The van der Waals surface area contributed by atoms with E-state index in [1.165, 1.54) is 6.33 Å². The summed E-state index contributed by atoms with van der Waals surface area (Å²) in [7, 11) is 2.15. The van der Waals surface area contributed by atoms with Crippen LogP contribution in [0.15, 0.2) is 48.8 Å². The van der Waals surface area contributed by atoms with E-state index in [2.05, 4.69) is 26.8 Å². The molecule has 1 aliphatic heterocycles. The topological polar surface area (TPSA) is 71.0 Å². The molecule has 0 radical (unpaired) electrons. The molecule has 0 bridgehead atoms. The number of aliphatic hydroxyl groups is 1. The van der Waals surface area contributed by atoms with Crippen molar-refractivity contribution in [2.75, 3.05) is 46.4 Å². The number of nitrogens with zero attached hydrogens (tertiary/aromatic N) is 4. The van der Waals surface area contributed by atoms with Crippen LogP contribution in [0.5, 0.6) is 17.4 Å². The quantitative estimate of drug-likeness (QED) is 0.660. The molecular weight excluding hydrogens is 368 g/mol. The standard InChI is InChI=1S/C22H26N4O3/c1-25-7-9-26(10-8-25)11-12-28-21-14-20-19(13-17(21)15-27)22(24-16-23-20)29-18-5-3-2-4-6-18/h2-6,13-14,16,27H,7-12,15H2,1H3. The minimum absolute atomic E-state index is 0.126. The van der Waals surface area contributed by atoms with Gasteiger partial charge < -0.3 is 19.5 Å². The fraction of sp³-hybridized carbons (Fsp3) is 0.364. The first-order chi connectivity index (χ1) is 14.2. The van der Waals surface area contributed by atoms with Gasteiger partial charge in [-0.3, -0.25) is 4.90 Å². The molecule has 1 fully saturated rings. The largest absolute Gasteiger partial charge is 0.492 e. The maximum absolute atomic E-state index is 9.86. The lowest BCUT2D eigenvalue weighted by Crippen LogP contribution is -2.45. The molecule has 0 unspecified atom stereocenters. The van der Waals surface area contributed by atoms with E-state index in [1.807, 2.05) is 42.5 Å². The highest BCUT2D eigenvalue weighted by atomic mass is 16.5. The summed E-state index contributed by atoms with van der Waals surface area (Å²) in [6, 6.07) is 13.2. The molecule has 0 aliphatic carbocycles. The number of benzene rings is 2. The van der Waals surface area contributed by atoms with Crippen LogP contribution in [0.4, 0.5) is 0 Å². The predicted molar refractivity (Wildman–Crippen MR) is 111 cm³/mol. The number of aromatic nitrogens is 2. The lowest BCUT2D eigenvalue weighted by molar-refractivity contribution is 0.133. The van der Waals surface area contributed by atoms with Crippen molar-refractivity contribution in [1.82, 2.24) is 19.8 Å². The average Bonchev–Trinajstić information content (AvgIpc) is 2.75. The zero-order chi connectivity index (χ0) is 20.1. The van der Waals surface area contributed by atoms with Gasteiger partial charge in [0, 0.05) is 44.4 Å². The van der Waals surface area contributed by atoms with Crippen LogP contribution in [0, 0.1) is 0 Å². The van der Waals surface area contributed by atoms with Crippen LogP contribution in [-0.2, 0) is 6.61 Å². The van der Waals surface area contributed by atoms with Crippen molar-refractivity contribution in [1.29, 1.82) is 0 Å². The van der Waals surface area contributed by atoms with Crippen molar-refractivity contribution in [3.63, 3.8) is 0 Å². The van der Waals surface area contributed by atoms with Crippen LogP contribution in [0.3, 0.4) is 0 Å². The fourth-order valence-electron chi connectivity index (χ4n) is 3.40. The molecule has 1 aliphatic rings. The Morgan fingerprint density at radius 3 is 2.59 bits per heavy atom. The van der Waals surface area contributed by atoms with Crippen molar-refractivity contribution in [2.45, 2.75) is 6.61 Å². The number of rotatable bonds is 7. The van der Waals surface area contributed by atoms with Gasteiger partial charge in [0.1, 0.15) is 24.4 Å². The van der Waals surface area contributed by atoms with E-state index in [0.717, 1.165) is 43.6 Å². The molecule has 0 atom stereocenters. The highest BCUT2D eigenvalue weighted by molar-refractivity contribution is 5.85. The van der Waals surface area contributed by atoms with Crippen LogP contribution in [0.2, 0.25) is 0 Å². The number of para-hydroxylation sites is 1. The van der Waals surface area contributed by atoms with Crippen molar-refractivity contribution < 1.29 is 14.6 Å². The van der Waals surface area contributed by atoms with Crippen molar-refractivity contribution in [3.8, 4) is 17.4 Å². The number of likely N-dealkylation sites (N-methyl/N-ethyl adjacent to an activating group) is 1. The van der Waals surface area contributed by atoms with Gasteiger partial charge in [-0.2, -0.15) is 0 Å². The first-order valence-corrected chi connectivity index (χ1v) is 9.88. The summed E-state index contributed by atoms with van der Waals surface area (Å²) in [6.45, 7) is 5.58. The SMILES string of the molecule is CN1CCN(CCOc2cc3ncnc(Oc4ccccc4)c3cc2CO)CC1. The molecular formula is C22H26N4O3. The van der Waals surface area contributed by atoms with Crippen molar-refractivity contribution >= 4 is 10.9 Å². The first-order valence-electron chi connectivity index (χ1n) is 9.88. The molecule has 1 aromatic heterocycles. The first kappa shape index (κ1) is 19.6. The maximum atomic E-state index is 9.86. The molecule has 7 nitrogen and oxygen atoms in total. The normalized spacial score (nSPS) is 15.5. The second-order valence-electron chi connectivity index (χ2n) is 7.22. The van der Waals surface area contributed by atoms with E-state index in [4.69, 9.17) is 9.47 Å². The second-order valence-corrected chi connectivity index (χ2v) is 7.22. The van der Waals surface area contributed by atoms with Gasteiger partial charge in [-0.15, -0.1) is 0 Å². The molecule has 2 heterocycles. The zero-order valence-electron chi connectivity index (χ0n) is 16.6. The Morgan fingerprint density at radius 2 is 1.83 bits per heavy atom. The molecule has 0 spiro atoms. The lowest BCUT2D eigenvalue weighted by Gasteiger charge is -2.32. The fourth-order valence-corrected chi connectivity index (χ4v) is 3.40. The molecule has 0 amide bonds. The second kappa shape index (κ2) is 9.17. The van der Waals surface area contributed by atoms with E-state index >= 15 is 0 Å². The Labute approximate surface area is 170 Å². The molecule has 2 aromatic carbocycles. The van der Waals surface area contributed by atoms with Gasteiger partial charge >= 0.3 is 0 Å². The Kier molecular flexibility index (Phi) is 6.19. The predicted octanol–water partition coefficient (Wildman–Crippen LogP) is 2.54. The number of fused-ring (bicyclic) bond motifs is 1. The Morgan fingerprint density at radius 1 is 1.03 bits per heavy atom. The third-order valence-electron chi connectivity index (χ3n) is 5.17. The molecule has 0 saturated carbocycles. The molecule has 4 rings (SSSR count). The van der Waals surface area contributed by atoms with Gasteiger partial charge in [0.2, 0.25) is 5.88 Å². The number of ether oxygens (including phenoxy) is 2. The zero-order valence-corrected chi connectivity index (χ0v) is 16.6. The minimum atomic E-state index is -0.126. The third kappa shape index (κ3) is 4.82. The number of hydrogen-bond acceptors (Lipinski definition) is 7. The number of hydrogen-bond donors (Lipinski definition) is 1. The van der Waals surface area contributed by atoms with Gasteiger partial charge in [0.25, 0.3) is 0 Å². The van der Waals surface area contributed by atoms with E-state index in [1.54, 1.807) is 0 Å². The van der Waals surface area contributed by atoms with Crippen molar-refractivity contribution in [3.05, 3.63) is 54.4 Å². The van der Waals surface area contributed by atoms with E-state index in [9.17, 15) is 5.11 Å². The van der Waals surface area contributed by atoms with Crippen LogP contribution in [-0.4, -0.2) is 71.3 Å². The number of aliphatic hydroxyl groups excluding tert-OH is 1. The molecule has 1 saturated heterocycles. The maximum Gasteiger partial charge on any atom is 0.230 e. The van der Waals surface area contributed by atoms with Gasteiger partial charge in [-0.25, -0.2) is 9.97 Å². The average molecular weight is 394 g/mol. The van der Waals surface area contributed by atoms with Gasteiger partial charge in [0.15, 0.2) is 0 Å². The molecule has 152 valence electrons. The molecule has 1 N–H and O–H groups in total. The Bertz CT molecular complexity index is 943. The van der Waals surface area contributed by atoms with Gasteiger partial charge in [-0.1, -0.05) is 18.2 Å². The molecule has 3 aromatic rings. The van der Waals surface area contributed by atoms with Crippen LogP contribution in [0.25, 0.3) is 10.9 Å². The summed E-state index contributed by atoms with van der Waals surface area (Å²) in [5.74, 6) is 1.81. The van der Waals surface area contributed by atoms with E-state index in [-0.39, 0.29) is 6.61 Å². The lowest BCUT2D eigenvalue weighted by atomic mass is 10.1. The summed E-state index contributed by atoms with van der Waals surface area (Å²) >= 11 is 0. The Hall–Kier alpha value is -2.74. The molecule has 29 heavy (non-hydrogen) atoms. The van der Waals surface area contributed by atoms with Gasteiger partial charge in [-0.05, 0) is 25.2 Å². The van der Waals surface area contributed by atoms with Crippen LogP contribution < -0.4 is 9.47 Å². The highest BCUT2D eigenvalue weighted by Crippen LogP contribution is 2.31. The minimum Gasteiger partial charge on any atom is -0.492 e. The van der Waals surface area contributed by atoms with Crippen molar-refractivity contribution in [2.24, 2.45) is 0 Å². The highest BCUT2D eigenvalue weighted by Gasteiger charge is 2.15. The van der Waals surface area contributed by atoms with Gasteiger partial charge in [0.05, 0.1) is 17.5 Å². The summed E-state index contributed by atoms with van der Waals surface area (Å²) in [4.78, 5) is 13.4. The van der Waals surface area contributed by atoms with Crippen LogP contribution >= 0.6 is 0 Å². The monoisotopic (exact) mass is 394 g/mol. The smallest absolute Gasteiger partial charge is 0.230 e. The van der Waals surface area contributed by atoms with E-state index in [0.29, 0.717) is 29.5 Å². The van der Waals surface area contributed by atoms with E-state index < -0.39 is 0 Å². The number of piperazine rings is 1.